The Labute approximate surface area is 429 Å². The van der Waals surface area contributed by atoms with E-state index in [1.165, 1.54) is 54.6 Å². The van der Waals surface area contributed by atoms with Crippen LogP contribution in [0.5, 0.6) is 34.5 Å². The second kappa shape index (κ2) is 24.0. The Kier molecular flexibility index (Phi) is 17.9. The number of carbonyl (C=O) groups is 1. The highest BCUT2D eigenvalue weighted by Crippen LogP contribution is 2.46. The van der Waals surface area contributed by atoms with Gasteiger partial charge in [-0.05, 0) is 42.0 Å². The number of aromatic hydroxyl groups is 3. The molecule has 0 saturated carbocycles. The highest BCUT2D eigenvalue weighted by Gasteiger charge is 2.53. The summed E-state index contributed by atoms with van der Waals surface area (Å²) in [5, 5.41) is 178. The molecule has 1 unspecified atom stereocenters. The van der Waals surface area contributed by atoms with Gasteiger partial charge in [-0.25, -0.2) is 4.79 Å². The van der Waals surface area contributed by atoms with Crippen LogP contribution in [0.1, 0.15) is 22.8 Å². The predicted octanol–water partition coefficient (Wildman–Crippen LogP) is -5.46. The van der Waals surface area contributed by atoms with Crippen molar-refractivity contribution in [3.05, 3.63) is 83.1 Å². The minimum atomic E-state index is -2.11. The highest BCUT2D eigenvalue weighted by atomic mass is 16.8. The maximum Gasteiger partial charge on any atom is 0.330 e. The number of benzene rings is 3. The fourth-order valence-electron chi connectivity index (χ4n) is 8.74. The molecule has 4 fully saturated rings. The second-order valence-corrected chi connectivity index (χ2v) is 18.3. The average Bonchev–Trinajstić information content (AvgIpc) is 3.41. The lowest BCUT2D eigenvalue weighted by molar-refractivity contribution is -0.364. The number of hydrogen-bond acceptors (Lipinski definition) is 28. The first-order valence-corrected chi connectivity index (χ1v) is 23.5. The Hall–Kier alpha value is -5.55. The number of aliphatic hydroxyl groups excluding tert-OH is 14. The number of esters is 1. The van der Waals surface area contributed by atoms with E-state index >= 15 is 0 Å². The van der Waals surface area contributed by atoms with Crippen LogP contribution in [0.3, 0.4) is 0 Å². The molecule has 0 aliphatic carbocycles. The average molecular weight is 1080 g/mol. The monoisotopic (exact) mass is 1080 g/mol. The van der Waals surface area contributed by atoms with Gasteiger partial charge in [0.05, 0.1) is 25.4 Å². The lowest BCUT2D eigenvalue weighted by Gasteiger charge is -2.46. The largest absolute Gasteiger partial charge is 0.508 e. The molecule has 28 heteroatoms. The van der Waals surface area contributed by atoms with Crippen molar-refractivity contribution in [1.29, 1.82) is 0 Å². The third-order valence-corrected chi connectivity index (χ3v) is 13.1. The van der Waals surface area contributed by atoms with E-state index in [-0.39, 0.29) is 45.4 Å². The van der Waals surface area contributed by atoms with E-state index in [0.29, 0.717) is 0 Å². The molecule has 21 atom stereocenters. The maximum atomic E-state index is 12.9. The summed E-state index contributed by atoms with van der Waals surface area (Å²) in [6.45, 7) is -3.25. The molecule has 5 heterocycles. The fraction of sp³-hybridized carbons (Fsp3) is 0.521. The molecular weight excluding hydrogens is 1020 g/mol. The number of aliphatic hydroxyl groups is 14. The highest BCUT2D eigenvalue weighted by molar-refractivity contribution is 5.87. The van der Waals surface area contributed by atoms with E-state index in [2.05, 4.69) is 0 Å². The number of fused-ring (bicyclic) bond motifs is 1. The van der Waals surface area contributed by atoms with Crippen LogP contribution in [0.15, 0.2) is 66.4 Å². The quantitative estimate of drug-likeness (QED) is 0.0470. The van der Waals surface area contributed by atoms with E-state index in [9.17, 15) is 91.6 Å². The third kappa shape index (κ3) is 11.9. The van der Waals surface area contributed by atoms with E-state index in [1.807, 2.05) is 0 Å². The second-order valence-electron chi connectivity index (χ2n) is 18.3. The first-order valence-electron chi connectivity index (χ1n) is 23.5. The number of phenolic OH excluding ortho intramolecular Hbond substituents is 3. The van der Waals surface area contributed by atoms with Crippen molar-refractivity contribution in [2.24, 2.45) is 0 Å². The van der Waals surface area contributed by atoms with E-state index < -0.39 is 173 Å². The molecule has 5 aliphatic rings. The Morgan fingerprint density at radius 1 is 0.526 bits per heavy atom. The lowest BCUT2D eigenvalue weighted by atomic mass is 9.97. The van der Waals surface area contributed by atoms with Crippen LogP contribution in [-0.2, 0) is 38.0 Å². The van der Waals surface area contributed by atoms with Gasteiger partial charge in [-0.1, -0.05) is 18.2 Å². The van der Waals surface area contributed by atoms with Gasteiger partial charge in [0.15, 0.2) is 30.0 Å². The van der Waals surface area contributed by atoms with Crippen molar-refractivity contribution < 1.29 is 139 Å². The van der Waals surface area contributed by atoms with Crippen molar-refractivity contribution in [3.8, 4) is 34.5 Å². The van der Waals surface area contributed by atoms with Crippen LogP contribution < -0.4 is 14.2 Å². The van der Waals surface area contributed by atoms with Crippen LogP contribution in [0.25, 0.3) is 12.2 Å². The number of hydrogen-bond donors (Lipinski definition) is 17. The zero-order valence-corrected chi connectivity index (χ0v) is 39.5. The predicted molar refractivity (Wildman–Crippen MR) is 245 cm³/mol. The molecule has 0 amide bonds. The van der Waals surface area contributed by atoms with Crippen molar-refractivity contribution in [1.82, 2.24) is 0 Å². The molecule has 0 aromatic heterocycles. The van der Waals surface area contributed by atoms with Gasteiger partial charge in [-0.3, -0.25) is 0 Å². The number of carbonyl (C=O) groups excluding carboxylic acids is 1. The van der Waals surface area contributed by atoms with Gasteiger partial charge in [-0.2, -0.15) is 0 Å². The lowest BCUT2D eigenvalue weighted by Crippen LogP contribution is -2.64. The third-order valence-electron chi connectivity index (χ3n) is 13.1. The summed E-state index contributed by atoms with van der Waals surface area (Å²) in [6.07, 6.45) is -34.0. The zero-order valence-electron chi connectivity index (χ0n) is 39.5. The molecule has 4 saturated heterocycles. The smallest absolute Gasteiger partial charge is 0.330 e. The van der Waals surface area contributed by atoms with Gasteiger partial charge < -0.3 is 134 Å². The molecule has 5 aliphatic heterocycles. The number of rotatable bonds is 16. The first kappa shape index (κ1) is 56.6. The zero-order chi connectivity index (χ0) is 54.9. The summed E-state index contributed by atoms with van der Waals surface area (Å²) in [5.41, 5.74) is 0.448. The molecule has 3 aromatic carbocycles. The molecule has 0 radical (unpaired) electrons. The maximum absolute atomic E-state index is 12.9. The first-order chi connectivity index (χ1) is 36.2. The van der Waals surface area contributed by atoms with Gasteiger partial charge in [0.2, 0.25) is 18.9 Å². The Balaban J connectivity index is 1.00. The SMILES string of the molecule is O=C(/C=C/c1ccc(O)c(O[C@@H]2O[C@H](CO)[C@@H](O)[C@H](O)[C@@H]2O)c1)OC[C@H]1O[C@@H](O[C@H]2[C@H](OC3=Cc4c(cc(O)cc4O[C@@H]4O[C@@H](CO)[C@@H](O)[C@H](O)[C@H]4O)OC3c3ccc(O)cc3)O[C@H](CO)[C@@H](O)[C@@H]2O)[C@H](O)[C@@H](O)[C@@H]1O. The summed E-state index contributed by atoms with van der Waals surface area (Å²) in [4.78, 5) is 12.9. The number of ether oxygens (including phenoxy) is 10. The topological polar surface area (TPSA) is 453 Å². The van der Waals surface area contributed by atoms with Gasteiger partial charge >= 0.3 is 5.97 Å². The summed E-state index contributed by atoms with van der Waals surface area (Å²) in [5.74, 6) is -3.03. The fourth-order valence-corrected chi connectivity index (χ4v) is 8.74. The minimum Gasteiger partial charge on any atom is -0.508 e. The van der Waals surface area contributed by atoms with E-state index in [0.717, 1.165) is 18.2 Å². The van der Waals surface area contributed by atoms with Crippen LogP contribution in [0.2, 0.25) is 0 Å². The molecule has 3 aromatic rings. The normalized spacial score (nSPS) is 37.6. The van der Waals surface area contributed by atoms with Crippen molar-refractivity contribution >= 4 is 18.1 Å². The Morgan fingerprint density at radius 3 is 1.64 bits per heavy atom. The molecule has 418 valence electrons. The summed E-state index contributed by atoms with van der Waals surface area (Å²) in [7, 11) is 0. The van der Waals surface area contributed by atoms with Crippen LogP contribution >= 0.6 is 0 Å². The summed E-state index contributed by atoms with van der Waals surface area (Å²) < 4.78 is 57.6. The summed E-state index contributed by atoms with van der Waals surface area (Å²) >= 11 is 0. The molecule has 76 heavy (non-hydrogen) atoms. The molecule has 8 rings (SSSR count). The van der Waals surface area contributed by atoms with Crippen LogP contribution in [0.4, 0.5) is 0 Å². The molecule has 0 bridgehead atoms. The Morgan fingerprint density at radius 2 is 1.05 bits per heavy atom. The molecular formula is C48H58O28. The van der Waals surface area contributed by atoms with Crippen molar-refractivity contribution in [2.45, 2.75) is 129 Å². The number of phenols is 3. The van der Waals surface area contributed by atoms with E-state index in [1.54, 1.807) is 0 Å². The van der Waals surface area contributed by atoms with Gasteiger partial charge in [0, 0.05) is 23.8 Å². The van der Waals surface area contributed by atoms with Gasteiger partial charge in [0.1, 0.15) is 127 Å². The Bertz CT molecular complexity index is 2510. The van der Waals surface area contributed by atoms with Crippen LogP contribution in [0, 0.1) is 0 Å². The van der Waals surface area contributed by atoms with Gasteiger partial charge in [0.25, 0.3) is 0 Å². The summed E-state index contributed by atoms with van der Waals surface area (Å²) in [6, 6.07) is 11.4. The standard InChI is InChI=1S/C48H58O28/c49-13-27-32(56)36(60)40(64)45(72-27)69-24-11-20(53)10-23-21(24)12-26(43(68-23)18-3-5-19(52)6-4-18)71-48-44(39(63)34(58)29(15-51)74-48)76-47-42(66)38(62)35(59)30(75-47)16-67-31(55)8-2-17-1-7-22(54)25(9-17)70-46-41(65)37(61)33(57)28(14-50)73-46/h1-12,27-30,32-54,56-66H,13-16H2/b8-2+/t27-,28+,29+,30+,32+,33+,34+,35+,36-,37-,38-,39-,40+,41-,42+,43?,44+,45+,46+,47-,48+/m0/s1. The van der Waals surface area contributed by atoms with Crippen LogP contribution in [-0.4, -0.2) is 242 Å². The van der Waals surface area contributed by atoms with Crippen molar-refractivity contribution in [3.63, 3.8) is 0 Å². The minimum absolute atomic E-state index is 0.0311. The molecule has 0 spiro atoms. The molecule has 28 nitrogen and oxygen atoms in total. The van der Waals surface area contributed by atoms with E-state index in [4.69, 9.17) is 47.4 Å². The van der Waals surface area contributed by atoms with Gasteiger partial charge in [-0.15, -0.1) is 0 Å². The molecule has 17 N–H and O–H groups in total. The van der Waals surface area contributed by atoms with Crippen molar-refractivity contribution in [2.75, 3.05) is 26.4 Å².